The SMILES string of the molecule is O=C(O)/C(=C\c1ccc([N+](=O)[O-])cc1)Oc1ccccc1. The van der Waals surface area contributed by atoms with Gasteiger partial charge in [0, 0.05) is 12.1 Å². The minimum atomic E-state index is -1.22. The van der Waals surface area contributed by atoms with Gasteiger partial charge in [-0.15, -0.1) is 0 Å². The maximum atomic E-state index is 11.2. The molecule has 0 aliphatic heterocycles. The number of non-ortho nitro benzene ring substituents is 1. The van der Waals surface area contributed by atoms with Crippen molar-refractivity contribution in [3.05, 3.63) is 76.0 Å². The summed E-state index contributed by atoms with van der Waals surface area (Å²) < 4.78 is 5.29. The third-order valence-corrected chi connectivity index (χ3v) is 2.58. The standard InChI is InChI=1S/C15H11NO5/c17-15(18)14(21-13-4-2-1-3-5-13)10-11-6-8-12(9-7-11)16(19)20/h1-10H,(H,17,18)/b14-10+. The smallest absolute Gasteiger partial charge is 0.371 e. The summed E-state index contributed by atoms with van der Waals surface area (Å²) in [4.78, 5) is 21.2. The number of hydrogen-bond acceptors (Lipinski definition) is 4. The van der Waals surface area contributed by atoms with E-state index in [1.807, 2.05) is 0 Å². The van der Waals surface area contributed by atoms with Crippen LogP contribution in [-0.4, -0.2) is 16.0 Å². The molecule has 6 heteroatoms. The van der Waals surface area contributed by atoms with Crippen LogP contribution in [0.25, 0.3) is 6.08 Å². The van der Waals surface area contributed by atoms with Crippen molar-refractivity contribution in [2.75, 3.05) is 0 Å². The Kier molecular flexibility index (Phi) is 4.30. The van der Waals surface area contributed by atoms with Crippen LogP contribution in [0.3, 0.4) is 0 Å². The molecule has 0 fully saturated rings. The first kappa shape index (κ1) is 14.3. The summed E-state index contributed by atoms with van der Waals surface area (Å²) in [5.74, 6) is -1.10. The molecule has 0 bridgehead atoms. The fourth-order valence-corrected chi connectivity index (χ4v) is 1.59. The number of benzene rings is 2. The highest BCUT2D eigenvalue weighted by atomic mass is 16.6. The van der Waals surface area contributed by atoms with Gasteiger partial charge in [-0.3, -0.25) is 10.1 Å². The molecule has 6 nitrogen and oxygen atoms in total. The molecule has 0 aliphatic carbocycles. The summed E-state index contributed by atoms with van der Waals surface area (Å²) in [6.07, 6.45) is 1.30. The normalized spacial score (nSPS) is 11.0. The van der Waals surface area contributed by atoms with Crippen LogP contribution in [0, 0.1) is 10.1 Å². The average molecular weight is 285 g/mol. The second-order valence-electron chi connectivity index (χ2n) is 4.08. The van der Waals surface area contributed by atoms with Crippen LogP contribution in [0.1, 0.15) is 5.56 Å². The fraction of sp³-hybridized carbons (Fsp3) is 0. The van der Waals surface area contributed by atoms with E-state index in [1.165, 1.54) is 30.3 Å². The van der Waals surface area contributed by atoms with Crippen LogP contribution in [0.5, 0.6) is 5.75 Å². The summed E-state index contributed by atoms with van der Waals surface area (Å²) in [6, 6.07) is 14.0. The summed E-state index contributed by atoms with van der Waals surface area (Å²) in [6.45, 7) is 0. The van der Waals surface area contributed by atoms with Crippen molar-refractivity contribution in [3.63, 3.8) is 0 Å². The van der Waals surface area contributed by atoms with Gasteiger partial charge in [-0.05, 0) is 35.9 Å². The zero-order valence-electron chi connectivity index (χ0n) is 10.8. The quantitative estimate of drug-likeness (QED) is 0.394. The van der Waals surface area contributed by atoms with Crippen molar-refractivity contribution in [1.29, 1.82) is 0 Å². The molecule has 106 valence electrons. The largest absolute Gasteiger partial charge is 0.475 e. The van der Waals surface area contributed by atoms with Gasteiger partial charge < -0.3 is 9.84 Å². The predicted octanol–water partition coefficient (Wildman–Crippen LogP) is 3.10. The first-order valence-corrected chi connectivity index (χ1v) is 5.98. The van der Waals surface area contributed by atoms with Gasteiger partial charge in [0.05, 0.1) is 4.92 Å². The van der Waals surface area contributed by atoms with Crippen LogP contribution >= 0.6 is 0 Å². The highest BCUT2D eigenvalue weighted by Crippen LogP contribution is 2.17. The molecule has 0 radical (unpaired) electrons. The molecule has 0 unspecified atom stereocenters. The maximum Gasteiger partial charge on any atom is 0.371 e. The first-order valence-electron chi connectivity index (χ1n) is 5.98. The van der Waals surface area contributed by atoms with E-state index in [4.69, 9.17) is 9.84 Å². The third kappa shape index (κ3) is 3.90. The molecule has 0 amide bonds. The second-order valence-corrected chi connectivity index (χ2v) is 4.08. The van der Waals surface area contributed by atoms with Crippen LogP contribution in [-0.2, 0) is 4.79 Å². The number of carboxylic acids is 1. The Morgan fingerprint density at radius 1 is 1.10 bits per heavy atom. The van der Waals surface area contributed by atoms with Gasteiger partial charge in [0.2, 0.25) is 5.76 Å². The van der Waals surface area contributed by atoms with Gasteiger partial charge in [0.25, 0.3) is 5.69 Å². The maximum absolute atomic E-state index is 11.2. The Hall–Kier alpha value is -3.15. The summed E-state index contributed by atoms with van der Waals surface area (Å²) in [7, 11) is 0. The molecule has 0 atom stereocenters. The molecular weight excluding hydrogens is 274 g/mol. The van der Waals surface area contributed by atoms with Gasteiger partial charge in [-0.1, -0.05) is 18.2 Å². The van der Waals surface area contributed by atoms with Crippen molar-refractivity contribution >= 4 is 17.7 Å². The van der Waals surface area contributed by atoms with Crippen molar-refractivity contribution in [3.8, 4) is 5.75 Å². The number of aliphatic carboxylic acids is 1. The van der Waals surface area contributed by atoms with Crippen molar-refractivity contribution in [1.82, 2.24) is 0 Å². The molecule has 2 aromatic rings. The average Bonchev–Trinajstić information content (AvgIpc) is 2.48. The third-order valence-electron chi connectivity index (χ3n) is 2.58. The monoisotopic (exact) mass is 285 g/mol. The van der Waals surface area contributed by atoms with E-state index in [9.17, 15) is 14.9 Å². The lowest BCUT2D eigenvalue weighted by Gasteiger charge is -2.06. The van der Waals surface area contributed by atoms with E-state index < -0.39 is 10.9 Å². The van der Waals surface area contributed by atoms with E-state index in [0.717, 1.165) is 0 Å². The topological polar surface area (TPSA) is 89.7 Å². The number of ether oxygens (including phenoxy) is 1. The van der Waals surface area contributed by atoms with Gasteiger partial charge >= 0.3 is 5.97 Å². The van der Waals surface area contributed by atoms with E-state index in [2.05, 4.69) is 0 Å². The first-order chi connectivity index (χ1) is 10.1. The number of nitrogens with zero attached hydrogens (tertiary/aromatic N) is 1. The Labute approximate surface area is 120 Å². The molecule has 0 saturated heterocycles. The molecule has 1 N–H and O–H groups in total. The molecular formula is C15H11NO5. The van der Waals surface area contributed by atoms with Gasteiger partial charge in [-0.25, -0.2) is 4.79 Å². The Morgan fingerprint density at radius 3 is 2.24 bits per heavy atom. The van der Waals surface area contributed by atoms with E-state index in [1.54, 1.807) is 30.3 Å². The van der Waals surface area contributed by atoms with Crippen LogP contribution in [0.15, 0.2) is 60.4 Å². The molecule has 2 aromatic carbocycles. The summed E-state index contributed by atoms with van der Waals surface area (Å²) in [5, 5.41) is 19.7. The van der Waals surface area contributed by atoms with Gasteiger partial charge in [0.1, 0.15) is 5.75 Å². The number of nitro groups is 1. The van der Waals surface area contributed by atoms with Crippen molar-refractivity contribution < 1.29 is 19.6 Å². The molecule has 21 heavy (non-hydrogen) atoms. The van der Waals surface area contributed by atoms with Crippen LogP contribution in [0.4, 0.5) is 5.69 Å². The number of para-hydroxylation sites is 1. The number of carboxylic acid groups (broad SMARTS) is 1. The van der Waals surface area contributed by atoms with Gasteiger partial charge in [0.15, 0.2) is 0 Å². The predicted molar refractivity (Wildman–Crippen MR) is 75.8 cm³/mol. The second kappa shape index (κ2) is 6.33. The van der Waals surface area contributed by atoms with Gasteiger partial charge in [-0.2, -0.15) is 0 Å². The van der Waals surface area contributed by atoms with E-state index >= 15 is 0 Å². The number of hydrogen-bond donors (Lipinski definition) is 1. The van der Waals surface area contributed by atoms with Crippen LogP contribution < -0.4 is 4.74 Å². The molecule has 0 aliphatic rings. The highest BCUT2D eigenvalue weighted by molar-refractivity contribution is 5.90. The highest BCUT2D eigenvalue weighted by Gasteiger charge is 2.11. The molecule has 0 saturated carbocycles. The lowest BCUT2D eigenvalue weighted by atomic mass is 10.2. The lowest BCUT2D eigenvalue weighted by Crippen LogP contribution is -2.07. The Balaban J connectivity index is 2.25. The zero-order chi connectivity index (χ0) is 15.2. The molecule has 0 aromatic heterocycles. The minimum absolute atomic E-state index is 0.0620. The van der Waals surface area contributed by atoms with E-state index in [0.29, 0.717) is 11.3 Å². The lowest BCUT2D eigenvalue weighted by molar-refractivity contribution is -0.384. The number of carbonyl (C=O) groups is 1. The number of rotatable bonds is 5. The molecule has 2 rings (SSSR count). The Morgan fingerprint density at radius 2 is 1.71 bits per heavy atom. The van der Waals surface area contributed by atoms with Crippen LogP contribution in [0.2, 0.25) is 0 Å². The fourth-order valence-electron chi connectivity index (χ4n) is 1.59. The minimum Gasteiger partial charge on any atom is -0.475 e. The summed E-state index contributed by atoms with van der Waals surface area (Å²) in [5.41, 5.74) is 0.432. The van der Waals surface area contributed by atoms with E-state index in [-0.39, 0.29) is 11.4 Å². The number of nitro benzene ring substituents is 1. The van der Waals surface area contributed by atoms with Crippen molar-refractivity contribution in [2.45, 2.75) is 0 Å². The Bertz CT molecular complexity index is 677. The summed E-state index contributed by atoms with van der Waals surface area (Å²) >= 11 is 0. The zero-order valence-corrected chi connectivity index (χ0v) is 10.8. The molecule has 0 spiro atoms. The van der Waals surface area contributed by atoms with Crippen molar-refractivity contribution in [2.24, 2.45) is 0 Å². The molecule has 0 heterocycles.